The first kappa shape index (κ1) is 12.0. The number of hydrogen-bond donors (Lipinski definition) is 1. The van der Waals surface area contributed by atoms with Gasteiger partial charge in [-0.2, -0.15) is 0 Å². The average molecular weight is 224 g/mol. The molecular weight excluding hydrogens is 212 g/mol. The third-order valence-corrected chi connectivity index (χ3v) is 1.79. The van der Waals surface area contributed by atoms with Crippen LogP contribution in [0.3, 0.4) is 0 Å². The van der Waals surface area contributed by atoms with E-state index in [4.69, 9.17) is 4.74 Å². The minimum atomic E-state index is -0.573. The number of rotatable bonds is 4. The number of nitro groups is 1. The van der Waals surface area contributed by atoms with Crippen molar-refractivity contribution in [2.75, 3.05) is 11.9 Å². The summed E-state index contributed by atoms with van der Waals surface area (Å²) < 4.78 is 5.13. The van der Waals surface area contributed by atoms with Crippen LogP contribution in [0.25, 0.3) is 0 Å². The monoisotopic (exact) mass is 224 g/mol. The summed E-state index contributed by atoms with van der Waals surface area (Å²) in [4.78, 5) is 21.2. The van der Waals surface area contributed by atoms with Gasteiger partial charge in [-0.1, -0.05) is 6.07 Å². The normalized spacial score (nSPS) is 9.62. The maximum absolute atomic E-state index is 10.9. The quantitative estimate of drug-likeness (QED) is 0.626. The SMILES string of the molecule is CCOc1cccc(NC(C)=O)c1[N+](=O)[O-]. The van der Waals surface area contributed by atoms with E-state index in [0.29, 0.717) is 6.61 Å². The first-order chi connectivity index (χ1) is 7.56. The first-order valence-corrected chi connectivity index (χ1v) is 4.74. The molecule has 6 nitrogen and oxygen atoms in total. The van der Waals surface area contributed by atoms with Gasteiger partial charge in [0.2, 0.25) is 5.91 Å². The third kappa shape index (κ3) is 2.69. The molecule has 1 aromatic carbocycles. The lowest BCUT2D eigenvalue weighted by Crippen LogP contribution is -2.09. The van der Waals surface area contributed by atoms with Crippen molar-refractivity contribution in [1.29, 1.82) is 0 Å². The molecule has 86 valence electrons. The maximum atomic E-state index is 10.9. The van der Waals surface area contributed by atoms with Crippen molar-refractivity contribution < 1.29 is 14.5 Å². The predicted octanol–water partition coefficient (Wildman–Crippen LogP) is 1.95. The Bertz CT molecular complexity index is 417. The second-order valence-corrected chi connectivity index (χ2v) is 3.02. The Morgan fingerprint density at radius 3 is 2.75 bits per heavy atom. The molecule has 0 fully saturated rings. The van der Waals surface area contributed by atoms with Crippen molar-refractivity contribution in [2.24, 2.45) is 0 Å². The van der Waals surface area contributed by atoms with E-state index >= 15 is 0 Å². The Labute approximate surface area is 92.4 Å². The number of nitrogens with one attached hydrogen (secondary N) is 1. The van der Waals surface area contributed by atoms with Crippen LogP contribution < -0.4 is 10.1 Å². The number of anilines is 1. The van der Waals surface area contributed by atoms with Gasteiger partial charge in [-0.05, 0) is 19.1 Å². The molecule has 0 aromatic heterocycles. The van der Waals surface area contributed by atoms with E-state index in [0.717, 1.165) is 0 Å². The van der Waals surface area contributed by atoms with Crippen molar-refractivity contribution >= 4 is 17.3 Å². The minimum absolute atomic E-state index is 0.142. The molecular formula is C10H12N2O4. The summed E-state index contributed by atoms with van der Waals surface area (Å²) in [5, 5.41) is 13.3. The smallest absolute Gasteiger partial charge is 0.334 e. The molecule has 1 amide bonds. The molecule has 0 radical (unpaired) electrons. The summed E-state index contributed by atoms with van der Waals surface area (Å²) in [6.07, 6.45) is 0. The summed E-state index contributed by atoms with van der Waals surface area (Å²) in [6.45, 7) is 3.34. The fourth-order valence-corrected chi connectivity index (χ4v) is 1.27. The molecule has 0 heterocycles. The zero-order chi connectivity index (χ0) is 12.1. The van der Waals surface area contributed by atoms with E-state index in [1.807, 2.05) is 0 Å². The number of nitro benzene ring substituents is 1. The molecule has 16 heavy (non-hydrogen) atoms. The van der Waals surface area contributed by atoms with Crippen molar-refractivity contribution in [3.05, 3.63) is 28.3 Å². The van der Waals surface area contributed by atoms with E-state index < -0.39 is 4.92 Å². The van der Waals surface area contributed by atoms with Gasteiger partial charge in [0.25, 0.3) is 0 Å². The Morgan fingerprint density at radius 1 is 1.56 bits per heavy atom. The number of amides is 1. The van der Waals surface area contributed by atoms with E-state index in [1.54, 1.807) is 13.0 Å². The zero-order valence-electron chi connectivity index (χ0n) is 9.02. The number of para-hydroxylation sites is 1. The molecule has 0 aliphatic heterocycles. The molecule has 0 atom stereocenters. The van der Waals surface area contributed by atoms with Crippen LogP contribution in [0.4, 0.5) is 11.4 Å². The standard InChI is InChI=1S/C10H12N2O4/c1-3-16-9-6-4-5-8(11-7(2)13)10(9)12(14)15/h4-6H,3H2,1-2H3,(H,11,13). The molecule has 1 N–H and O–H groups in total. The molecule has 1 rings (SSSR count). The highest BCUT2D eigenvalue weighted by Gasteiger charge is 2.21. The van der Waals surface area contributed by atoms with Crippen LogP contribution in [-0.2, 0) is 4.79 Å². The largest absolute Gasteiger partial charge is 0.487 e. The van der Waals surface area contributed by atoms with Gasteiger partial charge in [0.05, 0.1) is 11.5 Å². The fraction of sp³-hybridized carbons (Fsp3) is 0.300. The highest BCUT2D eigenvalue weighted by atomic mass is 16.6. The second-order valence-electron chi connectivity index (χ2n) is 3.02. The van der Waals surface area contributed by atoms with Crippen LogP contribution >= 0.6 is 0 Å². The average Bonchev–Trinajstić information content (AvgIpc) is 2.16. The number of carbonyl (C=O) groups is 1. The van der Waals surface area contributed by atoms with Crippen molar-refractivity contribution in [3.8, 4) is 5.75 Å². The lowest BCUT2D eigenvalue weighted by Gasteiger charge is -2.08. The molecule has 0 aliphatic rings. The summed E-state index contributed by atoms with van der Waals surface area (Å²) in [5.41, 5.74) is -0.0806. The van der Waals surface area contributed by atoms with Crippen LogP contribution in [0, 0.1) is 10.1 Å². The first-order valence-electron chi connectivity index (χ1n) is 4.74. The van der Waals surface area contributed by atoms with Gasteiger partial charge in [0, 0.05) is 6.92 Å². The third-order valence-electron chi connectivity index (χ3n) is 1.79. The summed E-state index contributed by atoms with van der Waals surface area (Å²) >= 11 is 0. The number of carbonyl (C=O) groups excluding carboxylic acids is 1. The summed E-state index contributed by atoms with van der Waals surface area (Å²) in [7, 11) is 0. The predicted molar refractivity (Wildman–Crippen MR) is 58.6 cm³/mol. The molecule has 0 saturated carbocycles. The number of hydrogen-bond acceptors (Lipinski definition) is 4. The number of ether oxygens (including phenoxy) is 1. The van der Waals surface area contributed by atoms with E-state index in [-0.39, 0.29) is 23.0 Å². The Hall–Kier alpha value is -2.11. The highest BCUT2D eigenvalue weighted by Crippen LogP contribution is 2.34. The van der Waals surface area contributed by atoms with Gasteiger partial charge in [-0.15, -0.1) is 0 Å². The Kier molecular flexibility index (Phi) is 3.82. The second kappa shape index (κ2) is 5.11. The maximum Gasteiger partial charge on any atom is 0.334 e. The summed E-state index contributed by atoms with van der Waals surface area (Å²) in [6, 6.07) is 4.54. The summed E-state index contributed by atoms with van der Waals surface area (Å²) in [5.74, 6) is -0.213. The number of benzene rings is 1. The van der Waals surface area contributed by atoms with E-state index in [9.17, 15) is 14.9 Å². The highest BCUT2D eigenvalue weighted by molar-refractivity contribution is 5.92. The molecule has 0 aliphatic carbocycles. The lowest BCUT2D eigenvalue weighted by molar-refractivity contribution is -0.384. The Morgan fingerprint density at radius 2 is 2.25 bits per heavy atom. The van der Waals surface area contributed by atoms with Gasteiger partial charge in [-0.25, -0.2) is 0 Å². The van der Waals surface area contributed by atoms with Crippen molar-refractivity contribution in [2.45, 2.75) is 13.8 Å². The lowest BCUT2D eigenvalue weighted by atomic mass is 10.2. The van der Waals surface area contributed by atoms with E-state index in [2.05, 4.69) is 5.32 Å². The van der Waals surface area contributed by atoms with Crippen LogP contribution in [0.5, 0.6) is 5.75 Å². The van der Waals surface area contributed by atoms with Gasteiger partial charge < -0.3 is 10.1 Å². The van der Waals surface area contributed by atoms with Crippen LogP contribution in [0.1, 0.15) is 13.8 Å². The van der Waals surface area contributed by atoms with Gasteiger partial charge in [0.1, 0.15) is 5.69 Å². The van der Waals surface area contributed by atoms with Gasteiger partial charge >= 0.3 is 5.69 Å². The fourth-order valence-electron chi connectivity index (χ4n) is 1.27. The van der Waals surface area contributed by atoms with Gasteiger partial charge in [-0.3, -0.25) is 14.9 Å². The van der Waals surface area contributed by atoms with E-state index in [1.165, 1.54) is 19.1 Å². The zero-order valence-corrected chi connectivity index (χ0v) is 9.02. The molecule has 6 heteroatoms. The number of nitrogens with zero attached hydrogens (tertiary/aromatic N) is 1. The Balaban J connectivity index is 3.21. The van der Waals surface area contributed by atoms with Crippen LogP contribution in [0.15, 0.2) is 18.2 Å². The minimum Gasteiger partial charge on any atom is -0.487 e. The molecule has 0 spiro atoms. The van der Waals surface area contributed by atoms with Crippen molar-refractivity contribution in [1.82, 2.24) is 0 Å². The molecule has 0 unspecified atom stereocenters. The topological polar surface area (TPSA) is 81.5 Å². The van der Waals surface area contributed by atoms with Crippen molar-refractivity contribution in [3.63, 3.8) is 0 Å². The van der Waals surface area contributed by atoms with Crippen LogP contribution in [-0.4, -0.2) is 17.4 Å². The molecule has 1 aromatic rings. The van der Waals surface area contributed by atoms with Gasteiger partial charge in [0.15, 0.2) is 5.75 Å². The molecule has 0 saturated heterocycles. The van der Waals surface area contributed by atoms with Crippen LogP contribution in [0.2, 0.25) is 0 Å². The molecule has 0 bridgehead atoms.